The van der Waals surface area contributed by atoms with Crippen molar-refractivity contribution >= 4 is 88.7 Å². The molecular formula is C57H61BN2S. The van der Waals surface area contributed by atoms with Crippen LogP contribution in [-0.2, 0) is 27.1 Å². The fourth-order valence-corrected chi connectivity index (χ4v) is 13.0. The molecule has 4 aliphatic rings. The first kappa shape index (κ1) is 39.1. The molecule has 0 saturated carbocycles. The Bertz CT molecular complexity index is 3010. The van der Waals surface area contributed by atoms with E-state index in [1.54, 1.807) is 0 Å². The van der Waals surface area contributed by atoms with Crippen LogP contribution < -0.4 is 26.2 Å². The predicted octanol–water partition coefficient (Wildman–Crippen LogP) is 14.4. The van der Waals surface area contributed by atoms with Gasteiger partial charge < -0.3 is 9.80 Å². The van der Waals surface area contributed by atoms with Crippen molar-refractivity contribution in [2.45, 2.75) is 136 Å². The molecule has 4 heteroatoms. The Morgan fingerprint density at radius 1 is 0.508 bits per heavy atom. The van der Waals surface area contributed by atoms with Gasteiger partial charge in [0.15, 0.2) is 0 Å². The average Bonchev–Trinajstić information content (AvgIpc) is 3.59. The summed E-state index contributed by atoms with van der Waals surface area (Å²) in [5, 5.41) is 2.67. The van der Waals surface area contributed by atoms with Gasteiger partial charge in [-0.1, -0.05) is 125 Å². The number of rotatable bonds is 2. The minimum atomic E-state index is -0.00935. The van der Waals surface area contributed by atoms with E-state index in [0.29, 0.717) is 0 Å². The Morgan fingerprint density at radius 3 is 1.79 bits per heavy atom. The van der Waals surface area contributed by atoms with Gasteiger partial charge in [0.25, 0.3) is 6.71 Å². The molecule has 0 fully saturated rings. The molecule has 0 spiro atoms. The summed E-state index contributed by atoms with van der Waals surface area (Å²) in [6, 6.07) is 41.3. The highest BCUT2D eigenvalue weighted by molar-refractivity contribution is 7.26. The van der Waals surface area contributed by atoms with E-state index in [1.807, 2.05) is 11.3 Å². The maximum Gasteiger partial charge on any atom is 0.252 e. The summed E-state index contributed by atoms with van der Waals surface area (Å²) in [5.41, 5.74) is 21.1. The summed E-state index contributed by atoms with van der Waals surface area (Å²) in [6.07, 6.45) is 4.78. The lowest BCUT2D eigenvalue weighted by Crippen LogP contribution is -2.62. The van der Waals surface area contributed by atoms with Gasteiger partial charge in [-0.25, -0.2) is 0 Å². The Labute approximate surface area is 369 Å². The van der Waals surface area contributed by atoms with Crippen LogP contribution in [0.15, 0.2) is 103 Å². The van der Waals surface area contributed by atoms with Crippen molar-refractivity contribution in [1.29, 1.82) is 0 Å². The molecule has 0 bridgehead atoms. The van der Waals surface area contributed by atoms with Gasteiger partial charge in [-0.05, 0) is 164 Å². The highest BCUT2D eigenvalue weighted by Gasteiger charge is 2.47. The molecule has 0 atom stereocenters. The lowest BCUT2D eigenvalue weighted by molar-refractivity contribution is 0.332. The number of anilines is 6. The maximum absolute atomic E-state index is 2.70. The Kier molecular flexibility index (Phi) is 8.11. The van der Waals surface area contributed by atoms with Crippen molar-refractivity contribution in [2.75, 3.05) is 9.80 Å². The highest BCUT2D eigenvalue weighted by atomic mass is 32.1. The third-order valence-electron chi connectivity index (χ3n) is 15.8. The zero-order valence-electron chi connectivity index (χ0n) is 38.5. The van der Waals surface area contributed by atoms with Crippen LogP contribution in [0.3, 0.4) is 0 Å². The summed E-state index contributed by atoms with van der Waals surface area (Å²) >= 11 is 1.91. The minimum absolute atomic E-state index is 0.00935. The number of benzene rings is 6. The molecule has 11 rings (SSSR count). The van der Waals surface area contributed by atoms with Gasteiger partial charge in [0.2, 0.25) is 0 Å². The summed E-state index contributed by atoms with van der Waals surface area (Å²) < 4.78 is 2.67. The third-order valence-corrected chi connectivity index (χ3v) is 16.9. The molecule has 1 aromatic heterocycles. The number of fused-ring (bicyclic) bond motifs is 9. The average molecular weight is 817 g/mol. The highest BCUT2D eigenvalue weighted by Crippen LogP contribution is 2.53. The number of nitrogens with zero attached hydrogens (tertiary/aromatic N) is 2. The first-order valence-corrected chi connectivity index (χ1v) is 23.7. The molecule has 0 N–H and O–H groups in total. The Balaban J connectivity index is 1.27. The van der Waals surface area contributed by atoms with Crippen LogP contribution >= 0.6 is 11.3 Å². The molecule has 0 unspecified atom stereocenters. The van der Waals surface area contributed by atoms with Gasteiger partial charge in [0.05, 0.1) is 5.69 Å². The van der Waals surface area contributed by atoms with Crippen LogP contribution in [0, 0.1) is 6.92 Å². The predicted molar refractivity (Wildman–Crippen MR) is 267 cm³/mol. The Hall–Kier alpha value is -4.80. The van der Waals surface area contributed by atoms with E-state index in [9.17, 15) is 0 Å². The first-order valence-electron chi connectivity index (χ1n) is 22.9. The van der Waals surface area contributed by atoms with Crippen LogP contribution in [0.1, 0.15) is 135 Å². The van der Waals surface area contributed by atoms with Crippen LogP contribution in [0.5, 0.6) is 0 Å². The molecule has 308 valence electrons. The molecule has 0 saturated heterocycles. The summed E-state index contributed by atoms with van der Waals surface area (Å²) in [4.78, 5) is 5.36. The summed E-state index contributed by atoms with van der Waals surface area (Å²) in [6.45, 7) is 29.2. The van der Waals surface area contributed by atoms with E-state index in [-0.39, 0.29) is 33.8 Å². The van der Waals surface area contributed by atoms with Gasteiger partial charge in [-0.3, -0.25) is 0 Å². The largest absolute Gasteiger partial charge is 0.311 e. The van der Waals surface area contributed by atoms with Crippen molar-refractivity contribution in [1.82, 2.24) is 0 Å². The second-order valence-corrected chi connectivity index (χ2v) is 23.9. The number of aryl methyl sites for hydroxylation is 1. The van der Waals surface area contributed by atoms with Crippen LogP contribution in [0.2, 0.25) is 0 Å². The van der Waals surface area contributed by atoms with Crippen molar-refractivity contribution in [2.24, 2.45) is 0 Å². The minimum Gasteiger partial charge on any atom is -0.311 e. The fourth-order valence-electron chi connectivity index (χ4n) is 11.9. The van der Waals surface area contributed by atoms with Crippen molar-refractivity contribution in [3.63, 3.8) is 0 Å². The monoisotopic (exact) mass is 816 g/mol. The van der Waals surface area contributed by atoms with Gasteiger partial charge in [-0.15, -0.1) is 11.3 Å². The van der Waals surface area contributed by atoms with Crippen molar-refractivity contribution < 1.29 is 0 Å². The van der Waals surface area contributed by atoms with Gasteiger partial charge >= 0.3 is 0 Å². The normalized spacial score (nSPS) is 19.0. The van der Waals surface area contributed by atoms with E-state index in [4.69, 9.17) is 0 Å². The quantitative estimate of drug-likeness (QED) is 0.160. The summed E-state index contributed by atoms with van der Waals surface area (Å²) in [5.74, 6) is 0. The molecule has 0 amide bonds. The topological polar surface area (TPSA) is 6.48 Å². The van der Waals surface area contributed by atoms with Gasteiger partial charge in [0, 0.05) is 48.6 Å². The van der Waals surface area contributed by atoms with E-state index >= 15 is 0 Å². The van der Waals surface area contributed by atoms with Crippen molar-refractivity contribution in [3.05, 3.63) is 137 Å². The SMILES string of the molecule is Cc1cc2c3c(c1)N(c1cccc4sc5ccccc5c14)c1cc(C(C)(C)C)ccc1B3c1cc3c(cc1N2c1ccc2c(c1)C(C)(C)CCC2(C)C)C(C)(C)CCC3(C)C. The zero-order valence-corrected chi connectivity index (χ0v) is 39.3. The fraction of sp³-hybridized carbons (Fsp3) is 0.368. The van der Waals surface area contributed by atoms with E-state index in [1.165, 1.54) is 130 Å². The van der Waals surface area contributed by atoms with Gasteiger partial charge in [0.1, 0.15) is 0 Å². The van der Waals surface area contributed by atoms with Gasteiger partial charge in [-0.2, -0.15) is 0 Å². The molecule has 2 aliphatic heterocycles. The van der Waals surface area contributed by atoms with Crippen LogP contribution in [-0.4, -0.2) is 6.71 Å². The molecule has 3 heterocycles. The standard InChI is InChI=1S/C57H61BN2S/c1-34-28-47-52-48(29-34)60(44-17-15-19-50-51(44)37-16-13-14-18-49(37)61-50)45-30-35(53(2,3)4)20-23-42(45)58(52)43-32-40-41(57(11,12)27-26-56(40,9)10)33-46(43)59(47)36-21-22-38-39(31-36)55(7,8)25-24-54(38,5)6/h13-23,28-33H,24-27H2,1-12H3. The van der Waals surface area contributed by atoms with E-state index < -0.39 is 0 Å². The first-order chi connectivity index (χ1) is 28.7. The number of hydrogen-bond acceptors (Lipinski definition) is 3. The number of hydrogen-bond donors (Lipinski definition) is 0. The van der Waals surface area contributed by atoms with E-state index in [2.05, 4.69) is 196 Å². The molecule has 2 nitrogen and oxygen atoms in total. The second-order valence-electron chi connectivity index (χ2n) is 22.8. The number of thiophene rings is 1. The van der Waals surface area contributed by atoms with Crippen molar-refractivity contribution in [3.8, 4) is 0 Å². The van der Waals surface area contributed by atoms with E-state index in [0.717, 1.165) is 0 Å². The molecule has 7 aromatic rings. The Morgan fingerprint density at radius 2 is 1.10 bits per heavy atom. The maximum atomic E-state index is 2.70. The molecular weight excluding hydrogens is 756 g/mol. The zero-order chi connectivity index (χ0) is 42.8. The molecule has 2 aliphatic carbocycles. The lowest BCUT2D eigenvalue weighted by atomic mass is 9.33. The van der Waals surface area contributed by atoms with Crippen LogP contribution in [0.25, 0.3) is 20.2 Å². The third kappa shape index (κ3) is 5.66. The lowest BCUT2D eigenvalue weighted by Gasteiger charge is -2.48. The molecule has 6 aromatic carbocycles. The smallest absolute Gasteiger partial charge is 0.252 e. The molecule has 61 heavy (non-hydrogen) atoms. The molecule has 0 radical (unpaired) electrons. The summed E-state index contributed by atoms with van der Waals surface area (Å²) in [7, 11) is 0. The van der Waals surface area contributed by atoms with Crippen LogP contribution in [0.4, 0.5) is 34.1 Å². The second kappa shape index (κ2) is 12.7.